The van der Waals surface area contributed by atoms with Crippen molar-refractivity contribution >= 4 is 29.1 Å². The van der Waals surface area contributed by atoms with Crippen LogP contribution in [-0.2, 0) is 16.1 Å². The van der Waals surface area contributed by atoms with Gasteiger partial charge in [-0.2, -0.15) is 0 Å². The first-order valence-corrected chi connectivity index (χ1v) is 7.92. The highest BCUT2D eigenvalue weighted by Crippen LogP contribution is 2.44. The lowest BCUT2D eigenvalue weighted by Crippen LogP contribution is -2.31. The van der Waals surface area contributed by atoms with Gasteiger partial charge in [-0.1, -0.05) is 13.3 Å². The molecule has 2 atom stereocenters. The van der Waals surface area contributed by atoms with Crippen LogP contribution in [0.2, 0.25) is 0 Å². The molecule has 2 fully saturated rings. The number of likely N-dealkylation sites (tertiary alicyclic amines) is 1. The SMILES string of the molecule is CCC1CC2C(=O)N(Cc3nc(C(=O)O)cs3)C(=O)C2C1. The van der Waals surface area contributed by atoms with Gasteiger partial charge in [0.15, 0.2) is 5.69 Å². The summed E-state index contributed by atoms with van der Waals surface area (Å²) in [6.07, 6.45) is 2.59. The number of rotatable bonds is 4. The minimum Gasteiger partial charge on any atom is -0.476 e. The largest absolute Gasteiger partial charge is 0.476 e. The third-order valence-electron chi connectivity index (χ3n) is 4.47. The number of carbonyl (C=O) groups excluding carboxylic acids is 2. The summed E-state index contributed by atoms with van der Waals surface area (Å²) in [5.74, 6) is -1.23. The number of imide groups is 1. The van der Waals surface area contributed by atoms with E-state index >= 15 is 0 Å². The smallest absolute Gasteiger partial charge is 0.355 e. The van der Waals surface area contributed by atoms with E-state index in [0.717, 1.165) is 30.6 Å². The van der Waals surface area contributed by atoms with Crippen LogP contribution in [0.1, 0.15) is 41.7 Å². The fourth-order valence-corrected chi connectivity index (χ4v) is 4.06. The lowest BCUT2D eigenvalue weighted by Gasteiger charge is -2.16. The Kier molecular flexibility index (Phi) is 3.52. The van der Waals surface area contributed by atoms with Crippen molar-refractivity contribution < 1.29 is 19.5 Å². The van der Waals surface area contributed by atoms with Gasteiger partial charge in [0.2, 0.25) is 11.8 Å². The minimum atomic E-state index is -1.10. The van der Waals surface area contributed by atoms with Crippen molar-refractivity contribution in [2.24, 2.45) is 17.8 Å². The summed E-state index contributed by atoms with van der Waals surface area (Å²) in [6, 6.07) is 0. The molecule has 1 aromatic heterocycles. The number of carbonyl (C=O) groups is 3. The molecule has 1 aromatic rings. The molecule has 1 saturated carbocycles. The maximum atomic E-state index is 12.4. The Balaban J connectivity index is 1.74. The summed E-state index contributed by atoms with van der Waals surface area (Å²) in [7, 11) is 0. The summed E-state index contributed by atoms with van der Waals surface area (Å²) in [5.41, 5.74) is -0.0414. The first kappa shape index (κ1) is 14.2. The van der Waals surface area contributed by atoms with E-state index in [1.807, 2.05) is 0 Å². The van der Waals surface area contributed by atoms with Gasteiger partial charge in [-0.15, -0.1) is 11.3 Å². The number of hydrogen-bond acceptors (Lipinski definition) is 5. The molecular formula is C14H16N2O4S. The molecule has 2 heterocycles. The Morgan fingerprint density at radius 1 is 1.38 bits per heavy atom. The Labute approximate surface area is 125 Å². The number of nitrogens with zero attached hydrogens (tertiary/aromatic N) is 2. The zero-order valence-electron chi connectivity index (χ0n) is 11.6. The third kappa shape index (κ3) is 2.35. The van der Waals surface area contributed by atoms with Gasteiger partial charge in [-0.3, -0.25) is 14.5 Å². The van der Waals surface area contributed by atoms with Crippen molar-refractivity contribution in [1.82, 2.24) is 9.88 Å². The summed E-state index contributed by atoms with van der Waals surface area (Å²) in [5, 5.41) is 10.8. The maximum Gasteiger partial charge on any atom is 0.355 e. The number of aromatic nitrogens is 1. The molecule has 7 heteroatoms. The van der Waals surface area contributed by atoms with Gasteiger partial charge >= 0.3 is 5.97 Å². The van der Waals surface area contributed by atoms with Crippen LogP contribution in [0, 0.1) is 17.8 Å². The lowest BCUT2D eigenvalue weighted by molar-refractivity contribution is -0.141. The zero-order chi connectivity index (χ0) is 15.1. The number of carboxylic acid groups (broad SMARTS) is 1. The topological polar surface area (TPSA) is 87.6 Å². The number of thiazole rings is 1. The molecule has 0 aromatic carbocycles. The fraction of sp³-hybridized carbons (Fsp3) is 0.571. The summed E-state index contributed by atoms with van der Waals surface area (Å²) in [4.78, 5) is 40.7. The molecule has 6 nitrogen and oxygen atoms in total. The predicted octanol–water partition coefficient (Wildman–Crippen LogP) is 1.76. The highest BCUT2D eigenvalue weighted by Gasteiger charge is 2.52. The van der Waals surface area contributed by atoms with E-state index in [1.54, 1.807) is 0 Å². The normalized spacial score (nSPS) is 28.2. The van der Waals surface area contributed by atoms with Gasteiger partial charge in [0, 0.05) is 5.38 Å². The molecule has 1 aliphatic carbocycles. The second kappa shape index (κ2) is 5.22. The standard InChI is InChI=1S/C14H16N2O4S/c1-2-7-3-8-9(4-7)13(18)16(12(8)17)5-11-15-10(6-21-11)14(19)20/h6-9H,2-5H2,1H3,(H,19,20). The molecule has 1 aliphatic heterocycles. The second-order valence-electron chi connectivity index (χ2n) is 5.65. The number of aromatic carboxylic acids is 1. The molecule has 2 aliphatic rings. The maximum absolute atomic E-state index is 12.4. The average molecular weight is 308 g/mol. The minimum absolute atomic E-state index is 0.0414. The van der Waals surface area contributed by atoms with Gasteiger partial charge in [0.05, 0.1) is 18.4 Å². The van der Waals surface area contributed by atoms with Gasteiger partial charge in [-0.05, 0) is 18.8 Å². The van der Waals surface area contributed by atoms with E-state index in [-0.39, 0.29) is 35.9 Å². The van der Waals surface area contributed by atoms with E-state index in [1.165, 1.54) is 10.3 Å². The molecular weight excluding hydrogens is 292 g/mol. The quantitative estimate of drug-likeness (QED) is 0.856. The van der Waals surface area contributed by atoms with Crippen molar-refractivity contribution in [2.45, 2.75) is 32.7 Å². The van der Waals surface area contributed by atoms with E-state index in [9.17, 15) is 14.4 Å². The molecule has 2 amide bonds. The monoisotopic (exact) mass is 308 g/mol. The van der Waals surface area contributed by atoms with Gasteiger partial charge in [0.25, 0.3) is 0 Å². The lowest BCUT2D eigenvalue weighted by atomic mass is 10.00. The van der Waals surface area contributed by atoms with Crippen LogP contribution in [0.15, 0.2) is 5.38 Å². The van der Waals surface area contributed by atoms with Crippen LogP contribution in [0.5, 0.6) is 0 Å². The fourth-order valence-electron chi connectivity index (χ4n) is 3.30. The Bertz CT molecular complexity index is 588. The highest BCUT2D eigenvalue weighted by molar-refractivity contribution is 7.09. The number of hydrogen-bond donors (Lipinski definition) is 1. The molecule has 112 valence electrons. The Morgan fingerprint density at radius 3 is 2.48 bits per heavy atom. The average Bonchev–Trinajstić information content (AvgIpc) is 3.13. The van der Waals surface area contributed by atoms with Crippen LogP contribution in [-0.4, -0.2) is 32.8 Å². The Hall–Kier alpha value is -1.76. The molecule has 0 radical (unpaired) electrons. The Morgan fingerprint density at radius 2 is 2.00 bits per heavy atom. The molecule has 2 unspecified atom stereocenters. The van der Waals surface area contributed by atoms with Crippen molar-refractivity contribution in [3.63, 3.8) is 0 Å². The summed E-state index contributed by atoms with van der Waals surface area (Å²) in [6.45, 7) is 2.18. The van der Waals surface area contributed by atoms with E-state index < -0.39 is 5.97 Å². The van der Waals surface area contributed by atoms with Crippen LogP contribution < -0.4 is 0 Å². The number of amides is 2. The molecule has 0 spiro atoms. The molecule has 0 bridgehead atoms. The zero-order valence-corrected chi connectivity index (χ0v) is 12.4. The van der Waals surface area contributed by atoms with Gasteiger partial charge < -0.3 is 5.11 Å². The first-order chi connectivity index (χ1) is 10.0. The van der Waals surface area contributed by atoms with E-state index in [4.69, 9.17) is 5.11 Å². The van der Waals surface area contributed by atoms with Crippen molar-refractivity contribution in [3.05, 3.63) is 16.1 Å². The van der Waals surface area contributed by atoms with Crippen LogP contribution in [0.4, 0.5) is 0 Å². The number of carboxylic acids is 1. The number of fused-ring (bicyclic) bond motifs is 1. The first-order valence-electron chi connectivity index (χ1n) is 7.04. The van der Waals surface area contributed by atoms with Crippen LogP contribution >= 0.6 is 11.3 Å². The van der Waals surface area contributed by atoms with Crippen molar-refractivity contribution in [3.8, 4) is 0 Å². The summed E-state index contributed by atoms with van der Waals surface area (Å²) < 4.78 is 0. The van der Waals surface area contributed by atoms with Crippen LogP contribution in [0.25, 0.3) is 0 Å². The van der Waals surface area contributed by atoms with Gasteiger partial charge in [-0.25, -0.2) is 9.78 Å². The predicted molar refractivity (Wildman–Crippen MR) is 74.6 cm³/mol. The molecule has 21 heavy (non-hydrogen) atoms. The third-order valence-corrected chi connectivity index (χ3v) is 5.30. The second-order valence-corrected chi connectivity index (χ2v) is 6.60. The van der Waals surface area contributed by atoms with Crippen molar-refractivity contribution in [1.29, 1.82) is 0 Å². The highest BCUT2D eigenvalue weighted by atomic mass is 32.1. The molecule has 3 rings (SSSR count). The molecule has 1 saturated heterocycles. The van der Waals surface area contributed by atoms with Gasteiger partial charge in [0.1, 0.15) is 5.01 Å². The van der Waals surface area contributed by atoms with Crippen molar-refractivity contribution in [2.75, 3.05) is 0 Å². The summed E-state index contributed by atoms with van der Waals surface area (Å²) >= 11 is 1.16. The molecule has 1 N–H and O–H groups in total. The van der Waals surface area contributed by atoms with Crippen LogP contribution in [0.3, 0.4) is 0 Å². The van der Waals surface area contributed by atoms with E-state index in [2.05, 4.69) is 11.9 Å². The van der Waals surface area contributed by atoms with E-state index in [0.29, 0.717) is 10.9 Å².